The molecule has 164 valence electrons. The minimum atomic E-state index is -4.70. The smallest absolute Gasteiger partial charge is 0.451 e. The van der Waals surface area contributed by atoms with Gasteiger partial charge in [0.1, 0.15) is 0 Å². The van der Waals surface area contributed by atoms with Crippen molar-refractivity contribution >= 4 is 5.91 Å². The number of carbonyl (C=O) groups excluding carboxylic acids is 1. The Bertz CT molecular complexity index is 942. The van der Waals surface area contributed by atoms with Crippen molar-refractivity contribution in [2.75, 3.05) is 19.7 Å². The van der Waals surface area contributed by atoms with Crippen molar-refractivity contribution in [3.63, 3.8) is 0 Å². The highest BCUT2D eigenvalue weighted by Crippen LogP contribution is 2.28. The summed E-state index contributed by atoms with van der Waals surface area (Å²) in [6.45, 7) is 5.17. The number of hydrogen-bond donors (Lipinski definition) is 0. The summed E-state index contributed by atoms with van der Waals surface area (Å²) in [5.74, 6) is -0.653. The Morgan fingerprint density at radius 2 is 1.93 bits per heavy atom. The molecule has 11 heteroatoms. The van der Waals surface area contributed by atoms with E-state index in [4.69, 9.17) is 4.74 Å². The fraction of sp³-hybridized carbons (Fsp3) is 0.579. The predicted octanol–water partition coefficient (Wildman–Crippen LogP) is 2.51. The van der Waals surface area contributed by atoms with E-state index in [1.165, 1.54) is 6.20 Å². The number of nitrogens with zero attached hydrogens (tertiary/aromatic N) is 5. The van der Waals surface area contributed by atoms with Crippen molar-refractivity contribution in [2.24, 2.45) is 13.0 Å². The third-order valence-electron chi connectivity index (χ3n) is 4.90. The first-order valence-corrected chi connectivity index (χ1v) is 9.68. The quantitative estimate of drug-likeness (QED) is 0.732. The fourth-order valence-electron chi connectivity index (χ4n) is 3.28. The summed E-state index contributed by atoms with van der Waals surface area (Å²) in [4.78, 5) is 30.6. The molecule has 0 radical (unpaired) electrons. The topological polar surface area (TPSA) is 82.2 Å². The van der Waals surface area contributed by atoms with Crippen molar-refractivity contribution in [1.82, 2.24) is 24.2 Å². The summed E-state index contributed by atoms with van der Waals surface area (Å²) in [5.41, 5.74) is -0.409. The molecular formula is C19H24F3N5O3. The van der Waals surface area contributed by atoms with Gasteiger partial charge in [-0.1, -0.05) is 13.8 Å². The average Bonchev–Trinajstić information content (AvgIpc) is 3.01. The fourth-order valence-corrected chi connectivity index (χ4v) is 3.28. The van der Waals surface area contributed by atoms with E-state index in [2.05, 4.69) is 10.1 Å². The second kappa shape index (κ2) is 8.49. The average molecular weight is 427 g/mol. The Balaban J connectivity index is 1.63. The zero-order valence-electron chi connectivity index (χ0n) is 17.0. The molecule has 2 aromatic heterocycles. The molecule has 0 aliphatic carbocycles. The molecule has 1 fully saturated rings. The lowest BCUT2D eigenvalue weighted by Crippen LogP contribution is -2.41. The highest BCUT2D eigenvalue weighted by atomic mass is 19.4. The summed E-state index contributed by atoms with van der Waals surface area (Å²) in [5, 5.41) is 3.49. The zero-order chi connectivity index (χ0) is 22.1. The molecule has 1 saturated heterocycles. The number of halogens is 3. The lowest BCUT2D eigenvalue weighted by Gasteiger charge is -2.31. The monoisotopic (exact) mass is 427 g/mol. The van der Waals surface area contributed by atoms with Gasteiger partial charge >= 0.3 is 11.9 Å². The van der Waals surface area contributed by atoms with Crippen LogP contribution in [-0.2, 0) is 13.2 Å². The Hall–Kier alpha value is -2.85. The van der Waals surface area contributed by atoms with Crippen LogP contribution in [0.5, 0.6) is 5.88 Å². The van der Waals surface area contributed by atoms with E-state index >= 15 is 0 Å². The number of amides is 1. The van der Waals surface area contributed by atoms with Gasteiger partial charge in [-0.15, -0.1) is 5.10 Å². The molecule has 1 aliphatic heterocycles. The lowest BCUT2D eigenvalue weighted by atomic mass is 10.0. The van der Waals surface area contributed by atoms with Gasteiger partial charge < -0.3 is 9.64 Å². The maximum Gasteiger partial charge on any atom is 0.451 e. The Morgan fingerprint density at radius 1 is 1.27 bits per heavy atom. The molecule has 0 aromatic carbocycles. The maximum absolute atomic E-state index is 13.0. The van der Waals surface area contributed by atoms with E-state index in [1.54, 1.807) is 17.0 Å². The van der Waals surface area contributed by atoms with Crippen LogP contribution in [0.15, 0.2) is 23.1 Å². The predicted molar refractivity (Wildman–Crippen MR) is 101 cm³/mol. The number of likely N-dealkylation sites (tertiary alicyclic amines) is 1. The molecule has 3 heterocycles. The van der Waals surface area contributed by atoms with Gasteiger partial charge in [0.25, 0.3) is 5.91 Å². The van der Waals surface area contributed by atoms with Gasteiger partial charge in [-0.2, -0.15) is 13.2 Å². The number of ether oxygens (including phenoxy) is 1. The SMILES string of the molecule is CC(C)COc1ccc(C(=O)N2CCC(n3nc(C(F)(F)F)n(C)c3=O)CC2)cn1. The minimum Gasteiger partial charge on any atom is -0.477 e. The number of aromatic nitrogens is 4. The summed E-state index contributed by atoms with van der Waals surface area (Å²) in [6, 6.07) is 2.78. The summed E-state index contributed by atoms with van der Waals surface area (Å²) >= 11 is 0. The van der Waals surface area contributed by atoms with Crippen LogP contribution in [0.2, 0.25) is 0 Å². The van der Waals surface area contributed by atoms with Crippen molar-refractivity contribution < 1.29 is 22.7 Å². The van der Waals surface area contributed by atoms with E-state index < -0.39 is 23.7 Å². The first-order chi connectivity index (χ1) is 14.1. The molecule has 8 nitrogen and oxygen atoms in total. The molecule has 0 atom stereocenters. The molecule has 0 saturated carbocycles. The highest BCUT2D eigenvalue weighted by Gasteiger charge is 2.39. The summed E-state index contributed by atoms with van der Waals surface area (Å²) in [7, 11) is 1.05. The molecule has 0 unspecified atom stereocenters. The molecule has 0 bridgehead atoms. The molecule has 1 amide bonds. The van der Waals surface area contributed by atoms with E-state index in [1.807, 2.05) is 13.8 Å². The normalized spacial score (nSPS) is 15.6. The van der Waals surface area contributed by atoms with E-state index in [-0.39, 0.29) is 5.91 Å². The third-order valence-corrected chi connectivity index (χ3v) is 4.90. The van der Waals surface area contributed by atoms with E-state index in [0.717, 1.165) is 11.7 Å². The lowest BCUT2D eigenvalue weighted by molar-refractivity contribution is -0.147. The molecule has 30 heavy (non-hydrogen) atoms. The van der Waals surface area contributed by atoms with E-state index in [9.17, 15) is 22.8 Å². The van der Waals surface area contributed by atoms with Crippen LogP contribution in [0.1, 0.15) is 48.9 Å². The molecular weight excluding hydrogens is 403 g/mol. The number of carbonyl (C=O) groups is 1. The van der Waals surface area contributed by atoms with Gasteiger partial charge in [0.2, 0.25) is 11.7 Å². The molecule has 2 aromatic rings. The van der Waals surface area contributed by atoms with Gasteiger partial charge in [-0.05, 0) is 24.8 Å². The third kappa shape index (κ3) is 4.65. The summed E-state index contributed by atoms with van der Waals surface area (Å²) in [6.07, 6.45) is -2.58. The van der Waals surface area contributed by atoms with Gasteiger partial charge in [0.05, 0.1) is 18.2 Å². The Labute approximate surface area is 171 Å². The number of pyridine rings is 1. The van der Waals surface area contributed by atoms with Crippen molar-refractivity contribution in [2.45, 2.75) is 38.9 Å². The largest absolute Gasteiger partial charge is 0.477 e. The molecule has 0 spiro atoms. The second-order valence-corrected chi connectivity index (χ2v) is 7.72. The first kappa shape index (κ1) is 21.8. The van der Waals surface area contributed by atoms with Crippen LogP contribution >= 0.6 is 0 Å². The van der Waals surface area contributed by atoms with E-state index in [0.29, 0.717) is 54.5 Å². The summed E-state index contributed by atoms with van der Waals surface area (Å²) < 4.78 is 45.8. The number of alkyl halides is 3. The van der Waals surface area contributed by atoms with Gasteiger partial charge in [0.15, 0.2) is 0 Å². The maximum atomic E-state index is 13.0. The zero-order valence-corrected chi connectivity index (χ0v) is 17.0. The number of hydrogen-bond acceptors (Lipinski definition) is 5. The minimum absolute atomic E-state index is 0.222. The van der Waals surface area contributed by atoms with Crippen LogP contribution in [0.3, 0.4) is 0 Å². The van der Waals surface area contributed by atoms with Gasteiger partial charge in [-0.3, -0.25) is 9.36 Å². The molecule has 1 aliphatic rings. The van der Waals surface area contributed by atoms with Crippen LogP contribution in [-0.4, -0.2) is 49.8 Å². The van der Waals surface area contributed by atoms with Crippen molar-refractivity contribution in [3.05, 3.63) is 40.2 Å². The number of piperidine rings is 1. The van der Waals surface area contributed by atoms with Crippen LogP contribution in [0.4, 0.5) is 13.2 Å². The first-order valence-electron chi connectivity index (χ1n) is 9.68. The highest BCUT2D eigenvalue weighted by molar-refractivity contribution is 5.94. The van der Waals surface area contributed by atoms with Crippen LogP contribution in [0.25, 0.3) is 0 Å². The molecule has 3 rings (SSSR count). The number of rotatable bonds is 5. The van der Waals surface area contributed by atoms with Crippen LogP contribution in [0, 0.1) is 5.92 Å². The van der Waals surface area contributed by atoms with Crippen molar-refractivity contribution in [3.8, 4) is 5.88 Å². The van der Waals surface area contributed by atoms with Crippen LogP contribution < -0.4 is 10.4 Å². The molecule has 0 N–H and O–H groups in total. The second-order valence-electron chi connectivity index (χ2n) is 7.72. The van der Waals surface area contributed by atoms with Gasteiger partial charge in [0, 0.05) is 32.4 Å². The Morgan fingerprint density at radius 3 is 2.43 bits per heavy atom. The standard InChI is InChI=1S/C19H24F3N5O3/c1-12(2)11-30-15-5-4-13(10-23-15)16(28)26-8-6-14(7-9-26)27-18(29)25(3)17(24-27)19(20,21)22/h4-5,10,12,14H,6-9,11H2,1-3H3. The van der Waals surface area contributed by atoms with Crippen molar-refractivity contribution in [1.29, 1.82) is 0 Å². The van der Waals surface area contributed by atoms with Gasteiger partial charge in [-0.25, -0.2) is 14.5 Å². The Kier molecular flexibility index (Phi) is 6.18.